The summed E-state index contributed by atoms with van der Waals surface area (Å²) >= 11 is 2.18. The Morgan fingerprint density at radius 3 is 2.23 bits per heavy atom. The highest BCUT2D eigenvalue weighted by atomic mass is 127. The highest BCUT2D eigenvalue weighted by molar-refractivity contribution is 14.1. The van der Waals surface area contributed by atoms with Crippen molar-refractivity contribution in [1.82, 2.24) is 0 Å². The predicted octanol–water partition coefficient (Wildman–Crippen LogP) is 4.72. The van der Waals surface area contributed by atoms with Crippen LogP contribution in [0.4, 0.5) is 0 Å². The molecule has 2 atom stereocenters. The SMILES string of the molecule is CC(C)(C)OC(=O)[C@]1(CI)OC(c2ccccc2)=N[C@H]1c1ccccc1. The van der Waals surface area contributed by atoms with Gasteiger partial charge in [0.05, 0.1) is 4.43 Å². The summed E-state index contributed by atoms with van der Waals surface area (Å²) in [6.07, 6.45) is 0. The van der Waals surface area contributed by atoms with Gasteiger partial charge in [0, 0.05) is 5.56 Å². The molecule has 0 N–H and O–H groups in total. The minimum Gasteiger partial charge on any atom is -0.457 e. The Hall–Kier alpha value is -1.89. The third-order valence-corrected chi connectivity index (χ3v) is 5.18. The molecule has 2 aromatic carbocycles. The lowest BCUT2D eigenvalue weighted by Crippen LogP contribution is -2.49. The largest absolute Gasteiger partial charge is 0.457 e. The van der Waals surface area contributed by atoms with Gasteiger partial charge >= 0.3 is 5.97 Å². The van der Waals surface area contributed by atoms with Gasteiger partial charge in [-0.1, -0.05) is 71.1 Å². The molecule has 0 saturated carbocycles. The average molecular weight is 463 g/mol. The first kappa shape index (κ1) is 18.9. The number of rotatable bonds is 4. The van der Waals surface area contributed by atoms with Gasteiger partial charge in [-0.2, -0.15) is 0 Å². The molecule has 136 valence electrons. The molecule has 4 nitrogen and oxygen atoms in total. The van der Waals surface area contributed by atoms with E-state index >= 15 is 0 Å². The average Bonchev–Trinajstić information content (AvgIpc) is 3.03. The normalized spacial score (nSPS) is 22.5. The molecule has 0 unspecified atom stereocenters. The number of benzene rings is 2. The van der Waals surface area contributed by atoms with Gasteiger partial charge < -0.3 is 9.47 Å². The van der Waals surface area contributed by atoms with Crippen molar-refractivity contribution in [1.29, 1.82) is 0 Å². The van der Waals surface area contributed by atoms with Crippen LogP contribution < -0.4 is 0 Å². The summed E-state index contributed by atoms with van der Waals surface area (Å²) in [5, 5.41) is 0. The molecule has 0 saturated heterocycles. The maximum atomic E-state index is 13.1. The lowest BCUT2D eigenvalue weighted by atomic mass is 9.91. The van der Waals surface area contributed by atoms with E-state index in [4.69, 9.17) is 14.5 Å². The smallest absolute Gasteiger partial charge is 0.354 e. The predicted molar refractivity (Wildman–Crippen MR) is 111 cm³/mol. The van der Waals surface area contributed by atoms with Gasteiger partial charge in [-0.3, -0.25) is 0 Å². The van der Waals surface area contributed by atoms with Crippen LogP contribution in [0.3, 0.4) is 0 Å². The lowest BCUT2D eigenvalue weighted by Gasteiger charge is -2.33. The Labute approximate surface area is 167 Å². The summed E-state index contributed by atoms with van der Waals surface area (Å²) in [6, 6.07) is 19.0. The van der Waals surface area contributed by atoms with Crippen LogP contribution in [-0.4, -0.2) is 27.5 Å². The number of aliphatic imine (C=N–C) groups is 1. The van der Waals surface area contributed by atoms with Gasteiger partial charge in [0.15, 0.2) is 0 Å². The van der Waals surface area contributed by atoms with Crippen molar-refractivity contribution in [3.8, 4) is 0 Å². The summed E-state index contributed by atoms with van der Waals surface area (Å²) in [6.45, 7) is 5.58. The van der Waals surface area contributed by atoms with E-state index in [9.17, 15) is 4.79 Å². The zero-order chi connectivity index (χ0) is 18.8. The zero-order valence-electron chi connectivity index (χ0n) is 15.1. The fraction of sp³-hybridized carbons (Fsp3) is 0.333. The number of hydrogen-bond donors (Lipinski definition) is 0. The third-order valence-electron chi connectivity index (χ3n) is 4.05. The first-order valence-electron chi connectivity index (χ1n) is 8.52. The van der Waals surface area contributed by atoms with Crippen molar-refractivity contribution < 1.29 is 14.3 Å². The van der Waals surface area contributed by atoms with Crippen molar-refractivity contribution in [3.63, 3.8) is 0 Å². The Morgan fingerprint density at radius 2 is 1.69 bits per heavy atom. The van der Waals surface area contributed by atoms with E-state index in [1.165, 1.54) is 0 Å². The van der Waals surface area contributed by atoms with E-state index in [-0.39, 0.29) is 5.97 Å². The van der Waals surface area contributed by atoms with Crippen LogP contribution in [0.5, 0.6) is 0 Å². The number of hydrogen-bond acceptors (Lipinski definition) is 4. The second-order valence-electron chi connectivity index (χ2n) is 7.24. The van der Waals surface area contributed by atoms with Crippen molar-refractivity contribution in [3.05, 3.63) is 71.8 Å². The van der Waals surface area contributed by atoms with Crippen LogP contribution in [0.2, 0.25) is 0 Å². The van der Waals surface area contributed by atoms with E-state index in [0.717, 1.165) is 11.1 Å². The number of halogens is 1. The minimum atomic E-state index is -1.18. The Balaban J connectivity index is 2.06. The van der Waals surface area contributed by atoms with Gasteiger partial charge in [0.1, 0.15) is 11.6 Å². The highest BCUT2D eigenvalue weighted by Crippen LogP contribution is 2.42. The molecule has 2 aromatic rings. The summed E-state index contributed by atoms with van der Waals surface area (Å²) in [5.74, 6) is 0.0879. The van der Waals surface area contributed by atoms with E-state index in [1.807, 2.05) is 81.4 Å². The van der Waals surface area contributed by atoms with Crippen LogP contribution in [0, 0.1) is 0 Å². The molecule has 1 aliphatic heterocycles. The molecule has 26 heavy (non-hydrogen) atoms. The van der Waals surface area contributed by atoms with Crippen LogP contribution >= 0.6 is 22.6 Å². The second-order valence-corrected chi connectivity index (χ2v) is 8.00. The Kier molecular flexibility index (Phi) is 5.37. The summed E-state index contributed by atoms with van der Waals surface area (Å²) < 4.78 is 12.4. The van der Waals surface area contributed by atoms with Gasteiger partial charge in [-0.05, 0) is 38.5 Å². The molecule has 0 fully saturated rings. The Bertz CT molecular complexity index is 799. The first-order chi connectivity index (χ1) is 12.4. The standard InChI is InChI=1S/C21H22INO3/c1-20(2,3)26-19(24)21(14-22)17(15-10-6-4-7-11-15)23-18(25-21)16-12-8-5-9-13-16/h4-13,17H,14H2,1-3H3/t17-,21+/m0/s1. The molecule has 0 spiro atoms. The number of esters is 1. The number of ether oxygens (including phenoxy) is 2. The van der Waals surface area contributed by atoms with Crippen molar-refractivity contribution >= 4 is 34.5 Å². The van der Waals surface area contributed by atoms with Gasteiger partial charge in [0.2, 0.25) is 11.5 Å². The van der Waals surface area contributed by atoms with Crippen LogP contribution in [0.25, 0.3) is 0 Å². The fourth-order valence-electron chi connectivity index (χ4n) is 2.84. The summed E-state index contributed by atoms with van der Waals surface area (Å²) in [5.41, 5.74) is 0.000714. The van der Waals surface area contributed by atoms with Crippen LogP contribution in [0.15, 0.2) is 65.7 Å². The maximum absolute atomic E-state index is 13.1. The molecule has 1 heterocycles. The lowest BCUT2D eigenvalue weighted by molar-refractivity contribution is -0.173. The summed E-state index contributed by atoms with van der Waals surface area (Å²) in [7, 11) is 0. The first-order valence-corrected chi connectivity index (χ1v) is 10.0. The fourth-order valence-corrected chi connectivity index (χ4v) is 3.73. The van der Waals surface area contributed by atoms with Gasteiger partial charge in [-0.15, -0.1) is 0 Å². The molecule has 3 rings (SSSR count). The maximum Gasteiger partial charge on any atom is 0.354 e. The minimum absolute atomic E-state index is 0.386. The number of carbonyl (C=O) groups is 1. The van der Waals surface area contributed by atoms with Crippen molar-refractivity contribution in [2.75, 3.05) is 4.43 Å². The molecule has 5 heteroatoms. The quantitative estimate of drug-likeness (QED) is 0.375. The molecule has 0 bridgehead atoms. The topological polar surface area (TPSA) is 47.9 Å². The molecular weight excluding hydrogens is 441 g/mol. The molecule has 0 amide bonds. The number of nitrogens with zero attached hydrogens (tertiary/aromatic N) is 1. The molecule has 0 aliphatic carbocycles. The number of alkyl halides is 1. The van der Waals surface area contributed by atoms with E-state index < -0.39 is 17.2 Å². The molecule has 0 aromatic heterocycles. The van der Waals surface area contributed by atoms with E-state index in [2.05, 4.69) is 22.6 Å². The van der Waals surface area contributed by atoms with Crippen molar-refractivity contribution in [2.45, 2.75) is 38.0 Å². The number of carbonyl (C=O) groups excluding carboxylic acids is 1. The molecular formula is C21H22INO3. The zero-order valence-corrected chi connectivity index (χ0v) is 17.3. The van der Waals surface area contributed by atoms with Gasteiger partial charge in [0.25, 0.3) is 0 Å². The van der Waals surface area contributed by atoms with Crippen LogP contribution in [0.1, 0.15) is 37.9 Å². The highest BCUT2D eigenvalue weighted by Gasteiger charge is 2.55. The van der Waals surface area contributed by atoms with Crippen molar-refractivity contribution in [2.24, 2.45) is 4.99 Å². The van der Waals surface area contributed by atoms with E-state index in [0.29, 0.717) is 10.3 Å². The third kappa shape index (κ3) is 3.77. The second kappa shape index (κ2) is 7.39. The van der Waals surface area contributed by atoms with Crippen LogP contribution in [-0.2, 0) is 14.3 Å². The summed E-state index contributed by atoms with van der Waals surface area (Å²) in [4.78, 5) is 17.9. The molecule has 0 radical (unpaired) electrons. The van der Waals surface area contributed by atoms with Gasteiger partial charge in [-0.25, -0.2) is 9.79 Å². The molecule has 1 aliphatic rings. The Morgan fingerprint density at radius 1 is 1.12 bits per heavy atom. The van der Waals surface area contributed by atoms with E-state index in [1.54, 1.807) is 0 Å². The monoisotopic (exact) mass is 463 g/mol.